The number of amides is 1. The lowest BCUT2D eigenvalue weighted by Gasteiger charge is -2.08. The minimum absolute atomic E-state index is 0.195. The van der Waals surface area contributed by atoms with E-state index in [9.17, 15) is 14.7 Å². The number of carbonyl (C=O) groups excluding carboxylic acids is 2. The number of rotatable bonds is 7. The van der Waals surface area contributed by atoms with E-state index in [0.717, 1.165) is 11.3 Å². The number of methoxy groups -OCH3 is 1. The van der Waals surface area contributed by atoms with E-state index >= 15 is 0 Å². The zero-order valence-corrected chi connectivity index (χ0v) is 12.0. The van der Waals surface area contributed by atoms with Crippen LogP contribution in [0.25, 0.3) is 6.08 Å². The Hall–Kier alpha value is -2.34. The van der Waals surface area contributed by atoms with Gasteiger partial charge in [-0.25, -0.2) is 4.79 Å². The maximum absolute atomic E-state index is 11.5. The number of carbonyl (C=O) groups is 2. The van der Waals surface area contributed by atoms with Gasteiger partial charge in [0.2, 0.25) is 5.91 Å². The van der Waals surface area contributed by atoms with E-state index in [0.29, 0.717) is 6.61 Å². The molecule has 0 saturated carbocycles. The fraction of sp³-hybridized carbons (Fsp3) is 0.333. The van der Waals surface area contributed by atoms with Gasteiger partial charge in [0.05, 0.1) is 20.3 Å². The molecule has 2 N–H and O–H groups in total. The molecule has 0 aliphatic heterocycles. The molecule has 1 atom stereocenters. The SMILES string of the molecule is CCOc1ccc(/C=C/C(=O)NCC(O)C(=O)OC)cc1. The minimum atomic E-state index is -1.36. The van der Waals surface area contributed by atoms with E-state index in [1.54, 1.807) is 6.08 Å². The standard InChI is InChI=1S/C15H19NO5/c1-3-21-12-7-4-11(5-8-12)6-9-14(18)16-10-13(17)15(19)20-2/h4-9,13,17H,3,10H2,1-2H3,(H,16,18)/b9-6+. The minimum Gasteiger partial charge on any atom is -0.494 e. The van der Waals surface area contributed by atoms with E-state index in [4.69, 9.17) is 4.74 Å². The van der Waals surface area contributed by atoms with Crippen LogP contribution in [0.4, 0.5) is 0 Å². The molecule has 0 aliphatic carbocycles. The summed E-state index contributed by atoms with van der Waals surface area (Å²) in [6.45, 7) is 2.31. The highest BCUT2D eigenvalue weighted by atomic mass is 16.5. The summed E-state index contributed by atoms with van der Waals surface area (Å²) in [5.74, 6) is -0.432. The topological polar surface area (TPSA) is 84.9 Å². The predicted octanol–water partition coefficient (Wildman–Crippen LogP) is 0.749. The predicted molar refractivity (Wildman–Crippen MR) is 77.7 cm³/mol. The molecule has 114 valence electrons. The summed E-state index contributed by atoms with van der Waals surface area (Å²) >= 11 is 0. The summed E-state index contributed by atoms with van der Waals surface area (Å²) < 4.78 is 9.64. The van der Waals surface area contributed by atoms with Gasteiger partial charge in [0.1, 0.15) is 5.75 Å². The first-order valence-electron chi connectivity index (χ1n) is 6.51. The van der Waals surface area contributed by atoms with Crippen LogP contribution < -0.4 is 10.1 Å². The molecule has 6 heteroatoms. The molecule has 0 bridgehead atoms. The summed E-state index contributed by atoms with van der Waals surface area (Å²) in [5, 5.41) is 11.7. The first-order valence-corrected chi connectivity index (χ1v) is 6.51. The third kappa shape index (κ3) is 6.09. The third-order valence-corrected chi connectivity index (χ3v) is 2.56. The molecule has 0 radical (unpaired) electrons. The summed E-state index contributed by atoms with van der Waals surface area (Å²) in [7, 11) is 1.17. The normalized spacial score (nSPS) is 12.0. The van der Waals surface area contributed by atoms with Crippen molar-refractivity contribution in [2.24, 2.45) is 0 Å². The van der Waals surface area contributed by atoms with Crippen molar-refractivity contribution in [3.63, 3.8) is 0 Å². The van der Waals surface area contributed by atoms with Gasteiger partial charge in [0.15, 0.2) is 6.10 Å². The fourth-order valence-corrected chi connectivity index (χ4v) is 1.49. The molecule has 1 rings (SSSR count). The highest BCUT2D eigenvalue weighted by molar-refractivity contribution is 5.92. The second kappa shape index (κ2) is 8.76. The van der Waals surface area contributed by atoms with Gasteiger partial charge in [0.25, 0.3) is 0 Å². The second-order valence-corrected chi connectivity index (χ2v) is 4.12. The van der Waals surface area contributed by atoms with E-state index in [1.165, 1.54) is 13.2 Å². The van der Waals surface area contributed by atoms with Crippen molar-refractivity contribution >= 4 is 18.0 Å². The highest BCUT2D eigenvalue weighted by Crippen LogP contribution is 2.12. The number of hydrogen-bond donors (Lipinski definition) is 2. The molecule has 0 aromatic heterocycles. The molecular formula is C15H19NO5. The number of esters is 1. The monoisotopic (exact) mass is 293 g/mol. The number of hydrogen-bond acceptors (Lipinski definition) is 5. The van der Waals surface area contributed by atoms with Crippen LogP contribution in [0.1, 0.15) is 12.5 Å². The Morgan fingerprint density at radius 3 is 2.57 bits per heavy atom. The largest absolute Gasteiger partial charge is 0.494 e. The van der Waals surface area contributed by atoms with E-state index in [1.807, 2.05) is 31.2 Å². The molecule has 0 saturated heterocycles. The zero-order chi connectivity index (χ0) is 15.7. The lowest BCUT2D eigenvalue weighted by molar-refractivity contribution is -0.150. The summed E-state index contributed by atoms with van der Waals surface area (Å²) in [6.07, 6.45) is 1.58. The summed E-state index contributed by atoms with van der Waals surface area (Å²) in [6, 6.07) is 7.25. The van der Waals surface area contributed by atoms with Crippen molar-refractivity contribution in [3.8, 4) is 5.75 Å². The fourth-order valence-electron chi connectivity index (χ4n) is 1.49. The first-order chi connectivity index (χ1) is 10.1. The molecule has 6 nitrogen and oxygen atoms in total. The zero-order valence-electron chi connectivity index (χ0n) is 12.0. The van der Waals surface area contributed by atoms with Crippen molar-refractivity contribution in [3.05, 3.63) is 35.9 Å². The first kappa shape index (κ1) is 16.7. The molecule has 21 heavy (non-hydrogen) atoms. The van der Waals surface area contributed by atoms with Gasteiger partial charge >= 0.3 is 5.97 Å². The average molecular weight is 293 g/mol. The van der Waals surface area contributed by atoms with Crippen LogP contribution >= 0.6 is 0 Å². The number of aliphatic hydroxyl groups is 1. The van der Waals surface area contributed by atoms with Crippen LogP contribution in [0.5, 0.6) is 5.75 Å². The maximum Gasteiger partial charge on any atom is 0.336 e. The Morgan fingerprint density at radius 1 is 1.33 bits per heavy atom. The Morgan fingerprint density at radius 2 is 2.00 bits per heavy atom. The molecule has 1 aromatic carbocycles. The van der Waals surface area contributed by atoms with Crippen LogP contribution in [-0.4, -0.2) is 43.3 Å². The number of benzene rings is 1. The molecule has 1 unspecified atom stereocenters. The van der Waals surface area contributed by atoms with Crippen molar-refractivity contribution < 1.29 is 24.2 Å². The third-order valence-electron chi connectivity index (χ3n) is 2.56. The number of ether oxygens (including phenoxy) is 2. The Bertz CT molecular complexity index is 495. The van der Waals surface area contributed by atoms with E-state index in [2.05, 4.69) is 10.1 Å². The molecule has 1 amide bonds. The lowest BCUT2D eigenvalue weighted by atomic mass is 10.2. The van der Waals surface area contributed by atoms with Crippen LogP contribution in [0.2, 0.25) is 0 Å². The van der Waals surface area contributed by atoms with Crippen molar-refractivity contribution in [1.82, 2.24) is 5.32 Å². The van der Waals surface area contributed by atoms with Gasteiger partial charge in [-0.05, 0) is 30.7 Å². The van der Waals surface area contributed by atoms with Gasteiger partial charge in [-0.3, -0.25) is 4.79 Å². The van der Waals surface area contributed by atoms with Gasteiger partial charge in [-0.15, -0.1) is 0 Å². The molecular weight excluding hydrogens is 274 g/mol. The van der Waals surface area contributed by atoms with Crippen molar-refractivity contribution in [2.75, 3.05) is 20.3 Å². The van der Waals surface area contributed by atoms with Crippen molar-refractivity contribution in [2.45, 2.75) is 13.0 Å². The van der Waals surface area contributed by atoms with Crippen LogP contribution in [-0.2, 0) is 14.3 Å². The summed E-state index contributed by atoms with van der Waals surface area (Å²) in [5.41, 5.74) is 0.835. The molecule has 0 fully saturated rings. The van der Waals surface area contributed by atoms with Gasteiger partial charge in [0, 0.05) is 6.08 Å². The Kier molecular flexibility index (Phi) is 6.97. The molecule has 1 aromatic rings. The Balaban J connectivity index is 2.44. The molecule has 0 spiro atoms. The summed E-state index contributed by atoms with van der Waals surface area (Å²) in [4.78, 5) is 22.5. The van der Waals surface area contributed by atoms with Crippen LogP contribution in [0.3, 0.4) is 0 Å². The number of nitrogens with one attached hydrogen (secondary N) is 1. The number of aliphatic hydroxyl groups excluding tert-OH is 1. The highest BCUT2D eigenvalue weighted by Gasteiger charge is 2.15. The average Bonchev–Trinajstić information content (AvgIpc) is 2.51. The lowest BCUT2D eigenvalue weighted by Crippen LogP contribution is -2.36. The van der Waals surface area contributed by atoms with Crippen LogP contribution in [0.15, 0.2) is 30.3 Å². The second-order valence-electron chi connectivity index (χ2n) is 4.12. The van der Waals surface area contributed by atoms with Crippen molar-refractivity contribution in [1.29, 1.82) is 0 Å². The van der Waals surface area contributed by atoms with Gasteiger partial charge in [-0.2, -0.15) is 0 Å². The van der Waals surface area contributed by atoms with Crippen LogP contribution in [0, 0.1) is 0 Å². The molecule has 0 aliphatic rings. The van der Waals surface area contributed by atoms with Gasteiger partial charge < -0.3 is 19.9 Å². The maximum atomic E-state index is 11.5. The van der Waals surface area contributed by atoms with Gasteiger partial charge in [-0.1, -0.05) is 12.1 Å². The molecule has 0 heterocycles. The van der Waals surface area contributed by atoms with E-state index in [-0.39, 0.29) is 6.54 Å². The smallest absolute Gasteiger partial charge is 0.336 e. The quantitative estimate of drug-likeness (QED) is 0.572. The van der Waals surface area contributed by atoms with E-state index < -0.39 is 18.0 Å². The Labute approximate surface area is 123 Å².